The minimum absolute atomic E-state index is 0.394. The van der Waals surface area contributed by atoms with Crippen LogP contribution in [-0.4, -0.2) is 41.4 Å². The fraction of sp³-hybridized carbons (Fsp3) is 0.737. The first-order valence-corrected chi connectivity index (χ1v) is 10.3. The molecule has 1 aromatic heterocycles. The molecule has 23 heavy (non-hydrogen) atoms. The van der Waals surface area contributed by atoms with Gasteiger partial charge in [0.2, 0.25) is 5.91 Å². The molecule has 1 amide bonds. The van der Waals surface area contributed by atoms with E-state index in [4.69, 9.17) is 0 Å². The van der Waals surface area contributed by atoms with Crippen LogP contribution in [0.4, 0.5) is 0 Å². The summed E-state index contributed by atoms with van der Waals surface area (Å²) in [4.78, 5) is 19.1. The lowest BCUT2D eigenvalue weighted by molar-refractivity contribution is -0.139. The highest BCUT2D eigenvalue weighted by molar-refractivity contribution is 7.10. The number of carbonyl (C=O) groups is 1. The third-order valence-electron chi connectivity index (χ3n) is 6.14. The Morgan fingerprint density at radius 3 is 2.78 bits per heavy atom. The molecule has 2 saturated heterocycles. The highest BCUT2D eigenvalue weighted by Gasteiger charge is 2.37. The minimum Gasteiger partial charge on any atom is -0.338 e. The molecule has 3 aliphatic rings. The Hall–Kier alpha value is -0.870. The molecule has 0 spiro atoms. The number of nitrogens with zero attached hydrogens (tertiary/aromatic N) is 2. The first-order valence-electron chi connectivity index (χ1n) is 9.40. The average molecular weight is 333 g/mol. The van der Waals surface area contributed by atoms with E-state index in [0.29, 0.717) is 24.5 Å². The van der Waals surface area contributed by atoms with Crippen molar-refractivity contribution in [3.05, 3.63) is 22.4 Å². The van der Waals surface area contributed by atoms with E-state index in [1.807, 2.05) is 11.3 Å². The summed E-state index contributed by atoms with van der Waals surface area (Å²) in [7, 11) is 0. The van der Waals surface area contributed by atoms with Crippen molar-refractivity contribution in [2.75, 3.05) is 19.6 Å². The van der Waals surface area contributed by atoms with Crippen molar-refractivity contribution >= 4 is 17.2 Å². The Balaban J connectivity index is 1.42. The van der Waals surface area contributed by atoms with E-state index in [9.17, 15) is 4.79 Å². The molecule has 3 heterocycles. The molecule has 0 radical (unpaired) electrons. The van der Waals surface area contributed by atoms with Gasteiger partial charge < -0.3 is 4.90 Å². The smallest absolute Gasteiger partial charge is 0.237 e. The van der Waals surface area contributed by atoms with Crippen LogP contribution in [0.5, 0.6) is 0 Å². The van der Waals surface area contributed by atoms with Crippen LogP contribution in [0.25, 0.3) is 0 Å². The van der Waals surface area contributed by atoms with Crippen LogP contribution in [0.2, 0.25) is 0 Å². The van der Waals surface area contributed by atoms with Gasteiger partial charge in [-0.25, -0.2) is 0 Å². The van der Waals surface area contributed by atoms with Gasteiger partial charge in [-0.1, -0.05) is 18.9 Å². The molecule has 0 unspecified atom stereocenters. The zero-order valence-electron chi connectivity index (χ0n) is 14.0. The molecule has 0 aromatic carbocycles. The van der Waals surface area contributed by atoms with Gasteiger partial charge in [-0.2, -0.15) is 0 Å². The number of hydrogen-bond donors (Lipinski definition) is 0. The molecular weight excluding hydrogens is 304 g/mol. The van der Waals surface area contributed by atoms with Gasteiger partial charge in [0.1, 0.15) is 0 Å². The molecule has 3 atom stereocenters. The maximum Gasteiger partial charge on any atom is 0.237 e. The number of amides is 1. The van der Waals surface area contributed by atoms with Crippen LogP contribution in [-0.2, 0) is 4.79 Å². The largest absolute Gasteiger partial charge is 0.338 e. The minimum atomic E-state index is 0.394. The second-order valence-electron chi connectivity index (χ2n) is 7.49. The fourth-order valence-electron chi connectivity index (χ4n) is 5.02. The van der Waals surface area contributed by atoms with Crippen molar-refractivity contribution in [2.24, 2.45) is 5.92 Å². The third kappa shape index (κ3) is 3.20. The normalized spacial score (nSPS) is 32.0. The summed E-state index contributed by atoms with van der Waals surface area (Å²) in [6.45, 7) is 2.71. The monoisotopic (exact) mass is 332 g/mol. The quantitative estimate of drug-likeness (QED) is 0.833. The number of likely N-dealkylation sites (tertiary alicyclic amines) is 2. The highest BCUT2D eigenvalue weighted by Crippen LogP contribution is 2.37. The first kappa shape index (κ1) is 15.6. The van der Waals surface area contributed by atoms with E-state index in [0.717, 1.165) is 19.0 Å². The van der Waals surface area contributed by atoms with Gasteiger partial charge in [0.15, 0.2) is 0 Å². The highest BCUT2D eigenvalue weighted by atomic mass is 32.1. The van der Waals surface area contributed by atoms with Crippen molar-refractivity contribution < 1.29 is 4.79 Å². The van der Waals surface area contributed by atoms with Crippen LogP contribution >= 0.6 is 11.3 Å². The predicted molar refractivity (Wildman–Crippen MR) is 94.6 cm³/mol. The van der Waals surface area contributed by atoms with Crippen LogP contribution in [0, 0.1) is 5.92 Å². The molecule has 2 aliphatic heterocycles. The maximum atomic E-state index is 13.0. The summed E-state index contributed by atoms with van der Waals surface area (Å²) in [5.74, 6) is 1.18. The van der Waals surface area contributed by atoms with Crippen molar-refractivity contribution in [2.45, 2.75) is 63.5 Å². The van der Waals surface area contributed by atoms with Gasteiger partial charge in [0.25, 0.3) is 0 Å². The third-order valence-corrected chi connectivity index (χ3v) is 7.11. The molecule has 126 valence electrons. The molecule has 4 rings (SSSR count). The lowest BCUT2D eigenvalue weighted by Gasteiger charge is -2.44. The van der Waals surface area contributed by atoms with Crippen molar-refractivity contribution in [1.82, 2.24) is 9.80 Å². The van der Waals surface area contributed by atoms with Crippen LogP contribution in [0.3, 0.4) is 0 Å². The topological polar surface area (TPSA) is 23.6 Å². The molecule has 0 bridgehead atoms. The van der Waals surface area contributed by atoms with Crippen LogP contribution in [0.15, 0.2) is 17.5 Å². The molecular formula is C19H28N2OS. The lowest BCUT2D eigenvalue weighted by Crippen LogP contribution is -2.52. The Morgan fingerprint density at radius 2 is 1.91 bits per heavy atom. The van der Waals surface area contributed by atoms with Gasteiger partial charge in [0, 0.05) is 23.5 Å². The lowest BCUT2D eigenvalue weighted by atomic mass is 9.78. The summed E-state index contributed by atoms with van der Waals surface area (Å²) >= 11 is 1.84. The second-order valence-corrected chi connectivity index (χ2v) is 8.46. The number of fused-ring (bicyclic) bond motifs is 1. The van der Waals surface area contributed by atoms with Crippen LogP contribution < -0.4 is 0 Å². The van der Waals surface area contributed by atoms with E-state index in [1.165, 1.54) is 56.2 Å². The summed E-state index contributed by atoms with van der Waals surface area (Å²) in [6.07, 6.45) is 10.3. The van der Waals surface area contributed by atoms with Gasteiger partial charge in [0.05, 0.1) is 6.54 Å². The molecule has 1 saturated carbocycles. The number of thiophene rings is 1. The standard InChI is InChI=1S/C19H28N2OS/c22-19(21-12-3-7-15-6-1-2-8-16(15)21)14-20-11-4-9-17(20)18-10-5-13-23-18/h5,10,13,15-17H,1-4,6-9,11-12,14H2/t15-,16-,17-/m1/s1. The summed E-state index contributed by atoms with van der Waals surface area (Å²) in [5, 5.41) is 2.16. The van der Waals surface area contributed by atoms with Gasteiger partial charge in [-0.3, -0.25) is 9.69 Å². The summed E-state index contributed by atoms with van der Waals surface area (Å²) in [6, 6.07) is 5.39. The molecule has 4 heteroatoms. The molecule has 0 N–H and O–H groups in total. The summed E-state index contributed by atoms with van der Waals surface area (Å²) in [5.41, 5.74) is 0. The van der Waals surface area contributed by atoms with E-state index < -0.39 is 0 Å². The van der Waals surface area contributed by atoms with Crippen molar-refractivity contribution in [3.8, 4) is 0 Å². The fourth-order valence-corrected chi connectivity index (χ4v) is 5.91. The average Bonchev–Trinajstić information content (AvgIpc) is 3.25. The Morgan fingerprint density at radius 1 is 1.09 bits per heavy atom. The van der Waals surface area contributed by atoms with E-state index in [-0.39, 0.29) is 0 Å². The van der Waals surface area contributed by atoms with Crippen LogP contribution in [0.1, 0.15) is 62.3 Å². The Bertz CT molecular complexity index is 527. The Kier molecular flexibility index (Phi) is 4.72. The van der Waals surface area contributed by atoms with E-state index in [1.54, 1.807) is 0 Å². The van der Waals surface area contributed by atoms with E-state index >= 15 is 0 Å². The zero-order chi connectivity index (χ0) is 15.6. The maximum absolute atomic E-state index is 13.0. The van der Waals surface area contributed by atoms with E-state index in [2.05, 4.69) is 27.3 Å². The van der Waals surface area contributed by atoms with Gasteiger partial charge >= 0.3 is 0 Å². The summed E-state index contributed by atoms with van der Waals surface area (Å²) < 4.78 is 0. The molecule has 1 aliphatic carbocycles. The number of piperidine rings is 1. The number of rotatable bonds is 3. The number of hydrogen-bond acceptors (Lipinski definition) is 3. The van der Waals surface area contributed by atoms with Gasteiger partial charge in [-0.15, -0.1) is 11.3 Å². The molecule has 1 aromatic rings. The first-order chi connectivity index (χ1) is 11.3. The predicted octanol–water partition coefficient (Wildman–Crippen LogP) is 4.07. The van der Waals surface area contributed by atoms with Crippen molar-refractivity contribution in [1.29, 1.82) is 0 Å². The second kappa shape index (κ2) is 6.94. The zero-order valence-corrected chi connectivity index (χ0v) is 14.8. The SMILES string of the molecule is O=C(CN1CCC[C@@H]1c1cccs1)N1CCC[C@H]2CCCC[C@H]21. The van der Waals surface area contributed by atoms with Gasteiger partial charge in [-0.05, 0) is 62.4 Å². The Labute approximate surface area is 143 Å². The molecule has 3 fully saturated rings. The molecule has 3 nitrogen and oxygen atoms in total. The van der Waals surface area contributed by atoms with Crippen molar-refractivity contribution in [3.63, 3.8) is 0 Å². The number of carbonyl (C=O) groups excluding carboxylic acids is 1.